The minimum absolute atomic E-state index is 0.00370. The lowest BCUT2D eigenvalue weighted by molar-refractivity contribution is -0.150. The summed E-state index contributed by atoms with van der Waals surface area (Å²) in [6, 6.07) is -0.869. The van der Waals surface area contributed by atoms with E-state index in [0.29, 0.717) is 37.9 Å². The number of thioether (sulfide) groups is 1. The van der Waals surface area contributed by atoms with E-state index in [1.54, 1.807) is 0 Å². The van der Waals surface area contributed by atoms with E-state index < -0.39 is 30.6 Å². The molecule has 0 saturated carbocycles. The molecule has 0 bridgehead atoms. The van der Waals surface area contributed by atoms with E-state index in [1.165, 1.54) is 11.8 Å². The molecule has 0 aliphatic heterocycles. The zero-order valence-corrected chi connectivity index (χ0v) is 25.3. The van der Waals surface area contributed by atoms with Crippen LogP contribution in [0.5, 0.6) is 0 Å². The molecule has 13 heteroatoms. The molecule has 0 aliphatic carbocycles. The van der Waals surface area contributed by atoms with Crippen molar-refractivity contribution in [3.63, 3.8) is 0 Å². The van der Waals surface area contributed by atoms with Crippen LogP contribution in [-0.2, 0) is 43.0 Å². The van der Waals surface area contributed by atoms with Crippen LogP contribution in [0.25, 0.3) is 0 Å². The van der Waals surface area contributed by atoms with Crippen LogP contribution in [0.1, 0.15) is 84.5 Å². The zero-order valence-electron chi connectivity index (χ0n) is 24.4. The van der Waals surface area contributed by atoms with E-state index in [4.69, 9.17) is 25.7 Å². The van der Waals surface area contributed by atoms with Crippen molar-refractivity contribution in [3.05, 3.63) is 0 Å². The Morgan fingerprint density at radius 2 is 1.49 bits per heavy atom. The van der Waals surface area contributed by atoms with Gasteiger partial charge in [0.1, 0.15) is 17.7 Å². The first kappa shape index (κ1) is 38.6. The summed E-state index contributed by atoms with van der Waals surface area (Å²) < 4.78 is 16.0. The Bertz CT molecular complexity index is 824. The second-order valence-corrected chi connectivity index (χ2v) is 10.8. The molecule has 0 saturated heterocycles. The van der Waals surface area contributed by atoms with E-state index >= 15 is 0 Å². The van der Waals surface area contributed by atoms with Crippen LogP contribution in [-0.4, -0.2) is 90.4 Å². The molecule has 0 aromatic rings. The SMILES string of the molecule is CCCC(=O)OCCC(CSCC(N)C(=O)CC(CO)C(=O)CCCOCCC(=O)CCC(N)=O)OC(=O)CCC. The number of Topliss-reactive ketones (excluding diaryl/α,β-unsaturated/α-hetero) is 3. The van der Waals surface area contributed by atoms with Crippen LogP contribution in [0.15, 0.2) is 0 Å². The van der Waals surface area contributed by atoms with Gasteiger partial charge in [-0.05, 0) is 19.3 Å². The number of primary amides is 1. The Hall–Kier alpha value is -2.35. The van der Waals surface area contributed by atoms with Gasteiger partial charge in [-0.1, -0.05) is 13.8 Å². The Kier molecular flexibility index (Phi) is 22.9. The van der Waals surface area contributed by atoms with Crippen molar-refractivity contribution in [2.45, 2.75) is 96.6 Å². The normalized spacial score (nSPS) is 13.2. The molecule has 0 aromatic heterocycles. The summed E-state index contributed by atoms with van der Waals surface area (Å²) in [5, 5.41) is 9.65. The number of aliphatic hydroxyl groups is 1. The predicted molar refractivity (Wildman–Crippen MR) is 154 cm³/mol. The third kappa shape index (κ3) is 21.1. The molecule has 0 aliphatic rings. The number of rotatable bonds is 27. The number of nitrogens with two attached hydrogens (primary N) is 2. The van der Waals surface area contributed by atoms with Crippen LogP contribution in [0.4, 0.5) is 0 Å². The summed E-state index contributed by atoms with van der Waals surface area (Å²) in [4.78, 5) is 70.9. The van der Waals surface area contributed by atoms with Crippen molar-refractivity contribution < 1.29 is 48.1 Å². The molecule has 0 rings (SSSR count). The van der Waals surface area contributed by atoms with Gasteiger partial charge >= 0.3 is 11.9 Å². The van der Waals surface area contributed by atoms with Crippen molar-refractivity contribution in [1.29, 1.82) is 0 Å². The zero-order chi connectivity index (χ0) is 31.0. The fraction of sp³-hybridized carbons (Fsp3) is 0.786. The Morgan fingerprint density at radius 3 is 2.12 bits per heavy atom. The fourth-order valence-electron chi connectivity index (χ4n) is 3.53. The van der Waals surface area contributed by atoms with Crippen LogP contribution in [0.3, 0.4) is 0 Å². The van der Waals surface area contributed by atoms with Crippen LogP contribution < -0.4 is 11.5 Å². The van der Waals surface area contributed by atoms with E-state index in [9.17, 15) is 33.9 Å². The highest BCUT2D eigenvalue weighted by Gasteiger charge is 2.25. The summed E-state index contributed by atoms with van der Waals surface area (Å²) in [5.41, 5.74) is 11.0. The number of hydrogen-bond donors (Lipinski definition) is 3. The first-order valence-electron chi connectivity index (χ1n) is 14.3. The number of esters is 2. The third-order valence-electron chi connectivity index (χ3n) is 5.93. The predicted octanol–water partition coefficient (Wildman–Crippen LogP) is 1.65. The highest BCUT2D eigenvalue weighted by atomic mass is 32.2. The van der Waals surface area contributed by atoms with Gasteiger partial charge in [0.05, 0.1) is 25.9 Å². The van der Waals surface area contributed by atoms with Crippen molar-refractivity contribution in [2.75, 3.05) is 37.9 Å². The average molecular weight is 605 g/mol. The van der Waals surface area contributed by atoms with E-state index in [1.807, 2.05) is 13.8 Å². The second-order valence-electron chi connectivity index (χ2n) is 9.75. The Morgan fingerprint density at radius 1 is 0.805 bits per heavy atom. The standard InChI is InChI=1S/C28H48N2O10S/c1-3-6-27(36)39-15-12-22(40-28(37)7-4-2)18-41-19-23(29)25(34)16-20(17-31)24(33)8-5-13-38-14-11-21(32)9-10-26(30)35/h20,22-23,31H,3-19,29H2,1-2H3,(H2,30,35). The number of ketones is 3. The molecule has 5 N–H and O–H groups in total. The number of hydrogen-bond acceptors (Lipinski definition) is 12. The monoisotopic (exact) mass is 604 g/mol. The van der Waals surface area contributed by atoms with Gasteiger partial charge in [-0.25, -0.2) is 0 Å². The minimum atomic E-state index is -0.869. The molecular weight excluding hydrogens is 556 g/mol. The number of aliphatic hydroxyl groups excluding tert-OH is 1. The van der Waals surface area contributed by atoms with Crippen LogP contribution in [0, 0.1) is 5.92 Å². The van der Waals surface area contributed by atoms with Crippen LogP contribution in [0.2, 0.25) is 0 Å². The highest BCUT2D eigenvalue weighted by Crippen LogP contribution is 2.15. The molecule has 12 nitrogen and oxygen atoms in total. The summed E-state index contributed by atoms with van der Waals surface area (Å²) in [7, 11) is 0. The maximum Gasteiger partial charge on any atom is 0.306 e. The lowest BCUT2D eigenvalue weighted by Gasteiger charge is -2.19. The van der Waals surface area contributed by atoms with Gasteiger partial charge in [-0.2, -0.15) is 11.8 Å². The van der Waals surface area contributed by atoms with Gasteiger partial charge in [-0.15, -0.1) is 0 Å². The van der Waals surface area contributed by atoms with E-state index in [-0.39, 0.29) is 93.4 Å². The summed E-state index contributed by atoms with van der Waals surface area (Å²) in [5.74, 6) is -2.23. The molecule has 41 heavy (non-hydrogen) atoms. The van der Waals surface area contributed by atoms with Gasteiger partial charge in [-0.3, -0.25) is 28.8 Å². The van der Waals surface area contributed by atoms with E-state index in [2.05, 4.69) is 0 Å². The smallest absolute Gasteiger partial charge is 0.306 e. The van der Waals surface area contributed by atoms with E-state index in [0.717, 1.165) is 0 Å². The fourth-order valence-corrected chi connectivity index (χ4v) is 4.60. The lowest BCUT2D eigenvalue weighted by atomic mass is 9.93. The molecule has 0 fully saturated rings. The quantitative estimate of drug-likeness (QED) is 0.0905. The second kappa shape index (κ2) is 24.3. The highest BCUT2D eigenvalue weighted by molar-refractivity contribution is 7.99. The molecule has 0 spiro atoms. The maximum atomic E-state index is 12.6. The topological polar surface area (TPSA) is 202 Å². The third-order valence-corrected chi connectivity index (χ3v) is 7.14. The molecule has 3 atom stereocenters. The molecule has 0 heterocycles. The maximum absolute atomic E-state index is 12.6. The van der Waals surface area contributed by atoms with Crippen molar-refractivity contribution in [3.8, 4) is 0 Å². The van der Waals surface area contributed by atoms with Gasteiger partial charge < -0.3 is 30.8 Å². The van der Waals surface area contributed by atoms with Crippen LogP contribution >= 0.6 is 11.8 Å². The minimum Gasteiger partial charge on any atom is -0.466 e. The number of amides is 1. The number of ether oxygens (including phenoxy) is 3. The van der Waals surface area contributed by atoms with Gasteiger partial charge in [0, 0.05) is 75.4 Å². The lowest BCUT2D eigenvalue weighted by Crippen LogP contribution is -2.36. The first-order chi connectivity index (χ1) is 19.5. The molecular formula is C28H48N2O10S. The molecule has 236 valence electrons. The molecule has 3 unspecified atom stereocenters. The van der Waals surface area contributed by atoms with Gasteiger partial charge in [0.15, 0.2) is 5.78 Å². The van der Waals surface area contributed by atoms with Crippen molar-refractivity contribution in [1.82, 2.24) is 0 Å². The Labute approximate surface area is 246 Å². The molecule has 0 radical (unpaired) electrons. The van der Waals surface area contributed by atoms with Crippen molar-refractivity contribution >= 4 is 47.0 Å². The van der Waals surface area contributed by atoms with Crippen molar-refractivity contribution in [2.24, 2.45) is 17.4 Å². The van der Waals surface area contributed by atoms with Gasteiger partial charge in [0.2, 0.25) is 5.91 Å². The number of carbonyl (C=O) groups excluding carboxylic acids is 6. The largest absolute Gasteiger partial charge is 0.466 e. The average Bonchev–Trinajstić information content (AvgIpc) is 2.92. The van der Waals surface area contributed by atoms with Gasteiger partial charge in [0.25, 0.3) is 0 Å². The first-order valence-corrected chi connectivity index (χ1v) is 15.4. The number of carbonyl (C=O) groups is 6. The summed E-state index contributed by atoms with van der Waals surface area (Å²) in [6.07, 6.45) is 2.26. The summed E-state index contributed by atoms with van der Waals surface area (Å²) >= 11 is 1.32. The Balaban J connectivity index is 4.45. The summed E-state index contributed by atoms with van der Waals surface area (Å²) in [6.45, 7) is 3.78. The molecule has 1 amide bonds. The molecule has 0 aromatic carbocycles.